The van der Waals surface area contributed by atoms with Crippen molar-refractivity contribution in [3.63, 3.8) is 0 Å². The third-order valence-electron chi connectivity index (χ3n) is 10.7. The second-order valence-corrected chi connectivity index (χ2v) is 13.6. The van der Waals surface area contributed by atoms with Gasteiger partial charge in [0.15, 0.2) is 17.3 Å². The lowest BCUT2D eigenvalue weighted by Gasteiger charge is -2.59. The fourth-order valence-electron chi connectivity index (χ4n) is 8.58. The molecule has 230 valence electrons. The molecule has 4 aliphatic rings. The first-order valence-electron chi connectivity index (χ1n) is 15.5. The molecule has 3 N–H and O–H groups in total. The van der Waals surface area contributed by atoms with Crippen molar-refractivity contribution in [2.45, 2.75) is 68.5 Å². The zero-order valence-corrected chi connectivity index (χ0v) is 26.1. The van der Waals surface area contributed by atoms with Crippen LogP contribution in [-0.4, -0.2) is 64.7 Å². The van der Waals surface area contributed by atoms with Crippen LogP contribution in [0.2, 0.25) is 10.0 Å². The first-order valence-corrected chi connectivity index (χ1v) is 16.2. The molecule has 1 spiro atoms. The van der Waals surface area contributed by atoms with Gasteiger partial charge in [0.2, 0.25) is 5.91 Å². The third kappa shape index (κ3) is 4.63. The summed E-state index contributed by atoms with van der Waals surface area (Å²) in [6.07, 6.45) is 3.79. The number of nitrogens with zero attached hydrogens (tertiary/aromatic N) is 1. The predicted octanol–water partition coefficient (Wildman–Crippen LogP) is 5.44. The van der Waals surface area contributed by atoms with Crippen molar-refractivity contribution in [2.24, 2.45) is 5.92 Å². The standard InChI is InChI=1S/C35H36Cl2N2O5/c1-19(21-7-9-25(36)26(37)16-21)34(43)38-27-10-8-24-28-17-22-15-23(29(41)18-40)31(42)32-30(22)35(24,33(27)44-32)12-14-39(28)13-11-20-5-3-2-4-6-20/h2-7,9,15-16,19,24,27-28,33,40,42H,8,10-14,17-18H2,1H3,(H,38,43)/t19?,24-,27?,28+,33?,35-/m0/s1. The molecule has 6 atom stereocenters. The van der Waals surface area contributed by atoms with E-state index in [4.69, 9.17) is 27.9 Å². The van der Waals surface area contributed by atoms with Gasteiger partial charge in [0.25, 0.3) is 0 Å². The number of carbonyl (C=O) groups is 2. The lowest BCUT2D eigenvalue weighted by atomic mass is 9.51. The van der Waals surface area contributed by atoms with Gasteiger partial charge in [0.05, 0.1) is 27.6 Å². The van der Waals surface area contributed by atoms with E-state index in [0.717, 1.165) is 61.9 Å². The average Bonchev–Trinajstić information content (AvgIpc) is 3.39. The monoisotopic (exact) mass is 634 g/mol. The molecule has 2 aliphatic heterocycles. The van der Waals surface area contributed by atoms with Crippen molar-refractivity contribution in [2.75, 3.05) is 19.7 Å². The number of ketones is 1. The van der Waals surface area contributed by atoms with Gasteiger partial charge in [-0.2, -0.15) is 0 Å². The number of hydrogen-bond donors (Lipinski definition) is 3. The molecule has 9 heteroatoms. The number of hydrogen-bond acceptors (Lipinski definition) is 6. The average molecular weight is 636 g/mol. The van der Waals surface area contributed by atoms with Gasteiger partial charge in [0, 0.05) is 23.6 Å². The highest BCUT2D eigenvalue weighted by Crippen LogP contribution is 2.64. The zero-order valence-electron chi connectivity index (χ0n) is 24.6. The Hall–Kier alpha value is -3.10. The van der Waals surface area contributed by atoms with E-state index >= 15 is 0 Å². The van der Waals surface area contributed by atoms with Crippen LogP contribution >= 0.6 is 23.2 Å². The first-order chi connectivity index (χ1) is 21.2. The largest absolute Gasteiger partial charge is 0.504 e. The molecular formula is C35H36Cl2N2O5. The number of ether oxygens (including phenoxy) is 1. The second kappa shape index (κ2) is 11.4. The summed E-state index contributed by atoms with van der Waals surface area (Å²) in [5.41, 5.74) is 3.77. The highest BCUT2D eigenvalue weighted by atomic mass is 35.5. The molecule has 1 saturated heterocycles. The van der Waals surface area contributed by atoms with Crippen LogP contribution in [0.25, 0.3) is 0 Å². The minimum Gasteiger partial charge on any atom is -0.504 e. The Morgan fingerprint density at radius 1 is 1.11 bits per heavy atom. The van der Waals surface area contributed by atoms with Crippen molar-refractivity contribution in [3.05, 3.63) is 92.5 Å². The Kier molecular flexibility index (Phi) is 7.64. The summed E-state index contributed by atoms with van der Waals surface area (Å²) in [5, 5.41) is 25.1. The molecule has 3 unspecified atom stereocenters. The third-order valence-corrected chi connectivity index (χ3v) is 11.4. The van der Waals surface area contributed by atoms with Gasteiger partial charge < -0.3 is 20.3 Å². The molecule has 7 nitrogen and oxygen atoms in total. The number of phenolic OH excluding ortho intramolecular Hbond substituents is 1. The van der Waals surface area contributed by atoms with Crippen molar-refractivity contribution in [1.82, 2.24) is 10.2 Å². The van der Waals surface area contributed by atoms with Crippen LogP contribution in [-0.2, 0) is 23.1 Å². The molecule has 3 aromatic rings. The summed E-state index contributed by atoms with van der Waals surface area (Å²) >= 11 is 12.4. The number of aliphatic hydroxyl groups excluding tert-OH is 1. The number of phenols is 1. The second-order valence-electron chi connectivity index (χ2n) is 12.8. The zero-order chi connectivity index (χ0) is 30.7. The van der Waals surface area contributed by atoms with Crippen LogP contribution in [0.4, 0.5) is 0 Å². The summed E-state index contributed by atoms with van der Waals surface area (Å²) in [4.78, 5) is 29.0. The number of likely N-dealkylation sites (tertiary alicyclic amines) is 1. The predicted molar refractivity (Wildman–Crippen MR) is 169 cm³/mol. The van der Waals surface area contributed by atoms with Crippen molar-refractivity contribution < 1.29 is 24.5 Å². The number of Topliss-reactive ketones (excluding diaryl/α,β-unsaturated/α-hetero) is 1. The van der Waals surface area contributed by atoms with Gasteiger partial charge in [-0.1, -0.05) is 59.6 Å². The van der Waals surface area contributed by atoms with E-state index in [0.29, 0.717) is 15.8 Å². The smallest absolute Gasteiger partial charge is 0.227 e. The van der Waals surface area contributed by atoms with Crippen LogP contribution < -0.4 is 10.1 Å². The minimum absolute atomic E-state index is 0.0949. The van der Waals surface area contributed by atoms with E-state index in [1.165, 1.54) is 5.56 Å². The summed E-state index contributed by atoms with van der Waals surface area (Å²) in [6, 6.07) is 17.5. The number of carbonyl (C=O) groups excluding carboxylic acids is 2. The molecule has 1 saturated carbocycles. The van der Waals surface area contributed by atoms with Gasteiger partial charge in [0.1, 0.15) is 12.7 Å². The number of amides is 1. The Labute approximate surface area is 267 Å². The highest BCUT2D eigenvalue weighted by molar-refractivity contribution is 6.42. The van der Waals surface area contributed by atoms with E-state index < -0.39 is 23.7 Å². The van der Waals surface area contributed by atoms with Crippen LogP contribution in [0.3, 0.4) is 0 Å². The molecule has 7 rings (SSSR count). The molecule has 1 amide bonds. The Morgan fingerprint density at radius 2 is 1.91 bits per heavy atom. The number of aliphatic hydroxyl groups is 1. The summed E-state index contributed by atoms with van der Waals surface area (Å²) in [5.74, 6) is -0.693. The topological polar surface area (TPSA) is 99.1 Å². The number of rotatable bonds is 8. The normalized spacial score (nSPS) is 27.3. The van der Waals surface area contributed by atoms with Gasteiger partial charge in [-0.05, 0) is 86.4 Å². The number of benzene rings is 3. The molecule has 0 aromatic heterocycles. The molecule has 0 radical (unpaired) electrons. The molecular weight excluding hydrogens is 599 g/mol. The maximum atomic E-state index is 13.7. The first kappa shape index (κ1) is 29.6. The minimum atomic E-state index is -0.694. The molecule has 2 aliphatic carbocycles. The van der Waals surface area contributed by atoms with E-state index in [1.807, 2.05) is 19.1 Å². The maximum absolute atomic E-state index is 13.7. The highest BCUT2D eigenvalue weighted by Gasteiger charge is 2.66. The summed E-state index contributed by atoms with van der Waals surface area (Å²) < 4.78 is 6.69. The van der Waals surface area contributed by atoms with Gasteiger partial charge >= 0.3 is 0 Å². The van der Waals surface area contributed by atoms with Gasteiger partial charge in [-0.25, -0.2) is 0 Å². The lowest BCUT2D eigenvalue weighted by Crippen LogP contribution is -2.69. The van der Waals surface area contributed by atoms with Crippen LogP contribution in [0, 0.1) is 5.92 Å². The fraction of sp³-hybridized carbons (Fsp3) is 0.429. The SMILES string of the molecule is CC(C(=O)NC1CC[C@H]2[C@H]3Cc4cc(C(=O)CO)c(O)c5c4[C@@]2(CCN3CCc2ccccc2)C1O5)c1ccc(Cl)c(Cl)c1. The fourth-order valence-corrected chi connectivity index (χ4v) is 8.89. The molecule has 44 heavy (non-hydrogen) atoms. The number of aromatic hydroxyl groups is 1. The van der Waals surface area contributed by atoms with Crippen molar-refractivity contribution >= 4 is 34.9 Å². The van der Waals surface area contributed by atoms with Gasteiger partial charge in [-0.15, -0.1) is 0 Å². The van der Waals surface area contributed by atoms with E-state index in [2.05, 4.69) is 34.5 Å². The number of piperidine rings is 1. The van der Waals surface area contributed by atoms with E-state index in [-0.39, 0.29) is 41.3 Å². The van der Waals surface area contributed by atoms with Crippen LogP contribution in [0.5, 0.6) is 11.5 Å². The Bertz CT molecular complexity index is 1630. The van der Waals surface area contributed by atoms with E-state index in [9.17, 15) is 19.8 Å². The summed E-state index contributed by atoms with van der Waals surface area (Å²) in [6.45, 7) is 2.96. The van der Waals surface area contributed by atoms with Gasteiger partial charge in [-0.3, -0.25) is 14.5 Å². The molecule has 2 heterocycles. The van der Waals surface area contributed by atoms with Crippen LogP contribution in [0.1, 0.15) is 64.7 Å². The molecule has 2 fully saturated rings. The molecule has 3 aromatic carbocycles. The van der Waals surface area contributed by atoms with Crippen molar-refractivity contribution in [3.8, 4) is 11.5 Å². The Morgan fingerprint density at radius 3 is 2.66 bits per heavy atom. The number of nitrogens with one attached hydrogen (secondary N) is 1. The quantitative estimate of drug-likeness (QED) is 0.285. The van der Waals surface area contributed by atoms with Crippen LogP contribution in [0.15, 0.2) is 54.6 Å². The van der Waals surface area contributed by atoms with E-state index in [1.54, 1.807) is 18.2 Å². The lowest BCUT2D eigenvalue weighted by molar-refractivity contribution is -0.126. The van der Waals surface area contributed by atoms with Crippen molar-refractivity contribution in [1.29, 1.82) is 0 Å². The summed E-state index contributed by atoms with van der Waals surface area (Å²) in [7, 11) is 0. The number of halogens is 2. The molecule has 2 bridgehead atoms. The Balaban J connectivity index is 1.23. The maximum Gasteiger partial charge on any atom is 0.227 e.